The molecule has 0 saturated carbocycles. The number of aromatic amines is 1. The zero-order valence-electron chi connectivity index (χ0n) is 16.0. The fraction of sp³-hybridized carbons (Fsp3) is 0.0909. The zero-order chi connectivity index (χ0) is 20.7. The van der Waals surface area contributed by atoms with Gasteiger partial charge in [0.15, 0.2) is 5.13 Å². The maximum Gasteiger partial charge on any atom is 0.269 e. The van der Waals surface area contributed by atoms with E-state index in [1.807, 2.05) is 48.7 Å². The van der Waals surface area contributed by atoms with Gasteiger partial charge in [0.25, 0.3) is 5.56 Å². The number of nitrogens with zero attached hydrogens (tertiary/aromatic N) is 3. The number of thiazole rings is 1. The molecule has 30 heavy (non-hydrogen) atoms. The van der Waals surface area contributed by atoms with Crippen LogP contribution in [0.4, 0.5) is 5.13 Å². The molecule has 0 unspecified atom stereocenters. The van der Waals surface area contributed by atoms with Crippen LogP contribution in [0, 0.1) is 6.92 Å². The van der Waals surface area contributed by atoms with Crippen molar-refractivity contribution in [2.45, 2.75) is 13.5 Å². The molecule has 0 bridgehead atoms. The van der Waals surface area contributed by atoms with Crippen molar-refractivity contribution in [2.75, 3.05) is 5.32 Å². The second kappa shape index (κ2) is 7.23. The summed E-state index contributed by atoms with van der Waals surface area (Å²) in [5.74, 6) is -0.315. The topological polar surface area (TPSA) is 92.7 Å². The zero-order valence-corrected chi connectivity index (χ0v) is 16.9. The molecule has 0 aliphatic carbocycles. The molecule has 2 N–H and O–H groups in total. The van der Waals surface area contributed by atoms with E-state index in [9.17, 15) is 9.59 Å². The number of fused-ring (bicyclic) bond motifs is 2. The molecule has 8 heteroatoms. The predicted molar refractivity (Wildman–Crippen MR) is 119 cm³/mol. The minimum absolute atomic E-state index is 0.108. The van der Waals surface area contributed by atoms with Crippen molar-refractivity contribution in [3.63, 3.8) is 0 Å². The van der Waals surface area contributed by atoms with Gasteiger partial charge in [-0.05, 0) is 25.1 Å². The van der Waals surface area contributed by atoms with Crippen LogP contribution in [0.5, 0.6) is 0 Å². The first-order valence-corrected chi connectivity index (χ1v) is 10.3. The van der Waals surface area contributed by atoms with Crippen LogP contribution in [0.2, 0.25) is 0 Å². The van der Waals surface area contributed by atoms with E-state index < -0.39 is 0 Å². The minimum atomic E-state index is -0.321. The lowest BCUT2D eigenvalue weighted by Crippen LogP contribution is -2.27. The average molecular weight is 415 g/mol. The molecule has 0 radical (unpaired) electrons. The van der Waals surface area contributed by atoms with Crippen LogP contribution in [0.1, 0.15) is 5.69 Å². The molecular formula is C22H17N5O2S. The molecule has 0 aliphatic heterocycles. The molecule has 0 atom stereocenters. The standard InChI is InChI=1S/C22H17N5O2S/c1-13-21(14-6-2-3-7-15(14)24-13)17-12-30-22(25-17)26-19(28)11-27-18-9-5-4-8-16(18)23-10-20(27)29/h2-10,12,24H,11H2,1H3,(H,25,26,28). The summed E-state index contributed by atoms with van der Waals surface area (Å²) in [5, 5.41) is 6.32. The van der Waals surface area contributed by atoms with Gasteiger partial charge in [0, 0.05) is 27.5 Å². The molecule has 0 spiro atoms. The van der Waals surface area contributed by atoms with Crippen molar-refractivity contribution in [1.29, 1.82) is 0 Å². The molecule has 5 aromatic rings. The number of hydrogen-bond donors (Lipinski definition) is 2. The Labute approximate surface area is 175 Å². The number of hydrogen-bond acceptors (Lipinski definition) is 5. The third-order valence-electron chi connectivity index (χ3n) is 4.95. The van der Waals surface area contributed by atoms with E-state index in [4.69, 9.17) is 0 Å². The van der Waals surface area contributed by atoms with Gasteiger partial charge < -0.3 is 10.3 Å². The summed E-state index contributed by atoms with van der Waals surface area (Å²) in [7, 11) is 0. The molecule has 1 amide bonds. The quantitative estimate of drug-likeness (QED) is 0.465. The number of H-pyrrole nitrogens is 1. The largest absolute Gasteiger partial charge is 0.358 e. The lowest BCUT2D eigenvalue weighted by atomic mass is 10.1. The average Bonchev–Trinajstić information content (AvgIpc) is 3.32. The SMILES string of the molecule is Cc1[nH]c2ccccc2c1-c1csc(NC(=O)Cn2c(=O)cnc3ccccc32)n1. The van der Waals surface area contributed by atoms with Crippen LogP contribution in [-0.2, 0) is 11.3 Å². The molecule has 148 valence electrons. The van der Waals surface area contributed by atoms with Crippen LogP contribution in [0.25, 0.3) is 33.2 Å². The van der Waals surface area contributed by atoms with Gasteiger partial charge in [0.1, 0.15) is 6.54 Å². The van der Waals surface area contributed by atoms with Crippen LogP contribution < -0.4 is 10.9 Å². The van der Waals surface area contributed by atoms with Gasteiger partial charge in [-0.25, -0.2) is 9.97 Å². The Hall–Kier alpha value is -3.78. The van der Waals surface area contributed by atoms with Crippen LogP contribution in [0.3, 0.4) is 0 Å². The molecule has 7 nitrogen and oxygen atoms in total. The summed E-state index contributed by atoms with van der Waals surface area (Å²) in [5.41, 5.74) is 4.86. The van der Waals surface area contributed by atoms with E-state index in [0.717, 1.165) is 27.9 Å². The Morgan fingerprint density at radius 2 is 1.97 bits per heavy atom. The third kappa shape index (κ3) is 3.17. The van der Waals surface area contributed by atoms with E-state index in [2.05, 4.69) is 20.3 Å². The van der Waals surface area contributed by atoms with Gasteiger partial charge in [0.2, 0.25) is 5.91 Å². The van der Waals surface area contributed by atoms with E-state index in [0.29, 0.717) is 16.2 Å². The smallest absolute Gasteiger partial charge is 0.269 e. The van der Waals surface area contributed by atoms with E-state index in [-0.39, 0.29) is 18.0 Å². The summed E-state index contributed by atoms with van der Waals surface area (Å²) in [4.78, 5) is 36.9. The highest BCUT2D eigenvalue weighted by molar-refractivity contribution is 7.14. The second-order valence-electron chi connectivity index (χ2n) is 6.93. The number of benzene rings is 2. The summed E-state index contributed by atoms with van der Waals surface area (Å²) < 4.78 is 1.41. The highest BCUT2D eigenvalue weighted by Gasteiger charge is 2.15. The van der Waals surface area contributed by atoms with Crippen molar-refractivity contribution in [2.24, 2.45) is 0 Å². The van der Waals surface area contributed by atoms with Gasteiger partial charge in [-0.15, -0.1) is 11.3 Å². The third-order valence-corrected chi connectivity index (χ3v) is 5.71. The number of rotatable bonds is 4. The lowest BCUT2D eigenvalue weighted by molar-refractivity contribution is -0.116. The summed E-state index contributed by atoms with van der Waals surface area (Å²) in [6, 6.07) is 15.3. The molecule has 3 heterocycles. The number of aromatic nitrogens is 4. The molecule has 5 rings (SSSR count). The fourth-order valence-electron chi connectivity index (χ4n) is 3.63. The van der Waals surface area contributed by atoms with E-state index in [1.54, 1.807) is 12.1 Å². The van der Waals surface area contributed by atoms with Gasteiger partial charge in [-0.1, -0.05) is 30.3 Å². The van der Waals surface area contributed by atoms with Crippen molar-refractivity contribution in [1.82, 2.24) is 19.5 Å². The molecule has 3 aromatic heterocycles. The first-order chi connectivity index (χ1) is 14.6. The highest BCUT2D eigenvalue weighted by atomic mass is 32.1. The minimum Gasteiger partial charge on any atom is -0.358 e. The van der Waals surface area contributed by atoms with E-state index >= 15 is 0 Å². The Morgan fingerprint density at radius 1 is 1.17 bits per heavy atom. The Kier molecular flexibility index (Phi) is 4.40. The predicted octanol–water partition coefficient (Wildman–Crippen LogP) is 3.95. The monoisotopic (exact) mass is 415 g/mol. The number of aryl methyl sites for hydroxylation is 1. The fourth-order valence-corrected chi connectivity index (χ4v) is 4.35. The van der Waals surface area contributed by atoms with Crippen LogP contribution in [0.15, 0.2) is 64.9 Å². The molecule has 0 saturated heterocycles. The highest BCUT2D eigenvalue weighted by Crippen LogP contribution is 2.33. The lowest BCUT2D eigenvalue weighted by Gasteiger charge is -2.08. The van der Waals surface area contributed by atoms with Crippen molar-refractivity contribution in [3.8, 4) is 11.3 Å². The number of nitrogens with one attached hydrogen (secondary N) is 2. The maximum atomic E-state index is 12.6. The van der Waals surface area contributed by atoms with Crippen molar-refractivity contribution < 1.29 is 4.79 Å². The number of carbonyl (C=O) groups is 1. The molecular weight excluding hydrogens is 398 g/mol. The first-order valence-electron chi connectivity index (χ1n) is 9.38. The van der Waals surface area contributed by atoms with Gasteiger partial charge in [-0.2, -0.15) is 0 Å². The Bertz CT molecular complexity index is 1460. The van der Waals surface area contributed by atoms with Gasteiger partial charge >= 0.3 is 0 Å². The van der Waals surface area contributed by atoms with Gasteiger partial charge in [-0.3, -0.25) is 14.2 Å². The second-order valence-corrected chi connectivity index (χ2v) is 7.79. The van der Waals surface area contributed by atoms with E-state index in [1.165, 1.54) is 22.1 Å². The van der Waals surface area contributed by atoms with Crippen LogP contribution >= 0.6 is 11.3 Å². The summed E-state index contributed by atoms with van der Waals surface area (Å²) >= 11 is 1.36. The number of anilines is 1. The first kappa shape index (κ1) is 18.3. The van der Waals surface area contributed by atoms with Gasteiger partial charge in [0.05, 0.1) is 22.9 Å². The molecule has 0 aliphatic rings. The maximum absolute atomic E-state index is 12.6. The summed E-state index contributed by atoms with van der Waals surface area (Å²) in [6.45, 7) is 1.90. The Balaban J connectivity index is 1.41. The number of amides is 1. The normalized spacial score (nSPS) is 11.2. The van der Waals surface area contributed by atoms with Crippen molar-refractivity contribution in [3.05, 3.63) is 76.2 Å². The molecule has 0 fully saturated rings. The number of para-hydroxylation sites is 3. The molecule has 2 aromatic carbocycles. The summed E-state index contributed by atoms with van der Waals surface area (Å²) in [6.07, 6.45) is 1.23. The van der Waals surface area contributed by atoms with Crippen LogP contribution in [-0.4, -0.2) is 25.4 Å². The van der Waals surface area contributed by atoms with Crippen molar-refractivity contribution >= 4 is 44.3 Å². The Morgan fingerprint density at radius 3 is 2.87 bits per heavy atom. The number of carbonyl (C=O) groups excluding carboxylic acids is 1.